The van der Waals surface area contributed by atoms with Gasteiger partial charge in [0, 0.05) is 24.0 Å². The van der Waals surface area contributed by atoms with E-state index < -0.39 is 0 Å². The van der Waals surface area contributed by atoms with Crippen molar-refractivity contribution >= 4 is 28.8 Å². The number of carbonyl (C=O) groups is 2. The summed E-state index contributed by atoms with van der Waals surface area (Å²) in [6.07, 6.45) is 1.86. The minimum Gasteiger partial charge on any atom is -0.348 e. The van der Waals surface area contributed by atoms with Crippen LogP contribution >= 0.6 is 11.3 Å². The van der Waals surface area contributed by atoms with Crippen LogP contribution in [0.15, 0.2) is 35.7 Å². The van der Waals surface area contributed by atoms with Crippen LogP contribution in [-0.2, 0) is 16.0 Å². The van der Waals surface area contributed by atoms with E-state index in [1.807, 2.05) is 17.5 Å². The van der Waals surface area contributed by atoms with Crippen LogP contribution in [0.3, 0.4) is 0 Å². The van der Waals surface area contributed by atoms with Gasteiger partial charge in [-0.05, 0) is 42.0 Å². The normalized spacial score (nSPS) is 14.8. The highest BCUT2D eigenvalue weighted by molar-refractivity contribution is 7.10. The molecule has 1 aliphatic heterocycles. The average molecular weight is 346 g/mol. The second-order valence-corrected chi connectivity index (χ2v) is 6.87. The second-order valence-electron chi connectivity index (χ2n) is 5.89. The van der Waals surface area contributed by atoms with Gasteiger partial charge in [0.2, 0.25) is 11.8 Å². The Hall–Kier alpha value is -2.21. The summed E-state index contributed by atoms with van der Waals surface area (Å²) in [7, 11) is 0. The zero-order valence-corrected chi connectivity index (χ0v) is 14.2. The number of rotatable bonds is 4. The van der Waals surface area contributed by atoms with E-state index in [0.717, 1.165) is 23.3 Å². The summed E-state index contributed by atoms with van der Waals surface area (Å²) in [4.78, 5) is 26.9. The third-order valence-corrected chi connectivity index (χ3v) is 5.10. The first kappa shape index (κ1) is 16.6. The van der Waals surface area contributed by atoms with Gasteiger partial charge in [-0.25, -0.2) is 4.39 Å². The van der Waals surface area contributed by atoms with Crippen molar-refractivity contribution in [3.05, 3.63) is 52.0 Å². The molecule has 0 saturated carbocycles. The van der Waals surface area contributed by atoms with Gasteiger partial charge in [-0.3, -0.25) is 9.59 Å². The van der Waals surface area contributed by atoms with Crippen LogP contribution < -0.4 is 10.2 Å². The summed E-state index contributed by atoms with van der Waals surface area (Å²) in [6, 6.07) is 8.04. The van der Waals surface area contributed by atoms with Crippen LogP contribution in [0.25, 0.3) is 0 Å². The monoisotopic (exact) mass is 346 g/mol. The number of nitrogens with one attached hydrogen (secondary N) is 1. The van der Waals surface area contributed by atoms with Crippen LogP contribution in [0.2, 0.25) is 0 Å². The summed E-state index contributed by atoms with van der Waals surface area (Å²) in [5, 5.41) is 4.75. The molecule has 0 unspecified atom stereocenters. The Labute approximate surface area is 144 Å². The number of benzene rings is 1. The Balaban J connectivity index is 1.81. The fourth-order valence-corrected chi connectivity index (χ4v) is 3.83. The van der Waals surface area contributed by atoms with E-state index in [4.69, 9.17) is 0 Å². The molecule has 2 heterocycles. The lowest BCUT2D eigenvalue weighted by Gasteiger charge is -2.30. The number of carbonyl (C=O) groups excluding carboxylic acids is 2. The number of anilines is 1. The maximum Gasteiger partial charge on any atom is 0.229 e. The lowest BCUT2D eigenvalue weighted by atomic mass is 10.0. The van der Waals surface area contributed by atoms with Crippen LogP contribution in [0.4, 0.5) is 10.1 Å². The third kappa shape index (κ3) is 3.64. The van der Waals surface area contributed by atoms with E-state index in [0.29, 0.717) is 12.2 Å². The first-order valence-corrected chi connectivity index (χ1v) is 8.82. The summed E-state index contributed by atoms with van der Waals surface area (Å²) in [5.41, 5.74) is 1.64. The second kappa shape index (κ2) is 7.13. The summed E-state index contributed by atoms with van der Waals surface area (Å²) >= 11 is 1.50. The van der Waals surface area contributed by atoms with Crippen molar-refractivity contribution in [2.24, 2.45) is 0 Å². The standard InChI is InChI=1S/C18H19FN2O2S/c1-12(22)20-15(17-5-3-9-24-17)11-18(23)21-8-2-4-13-6-7-14(19)10-16(13)21/h3,5-7,9-10,15H,2,4,8,11H2,1H3,(H,20,22)/t15-/m1/s1. The molecule has 4 nitrogen and oxygen atoms in total. The number of aryl methyl sites for hydroxylation is 1. The van der Waals surface area contributed by atoms with Gasteiger partial charge in [0.1, 0.15) is 5.82 Å². The zero-order chi connectivity index (χ0) is 17.1. The molecule has 1 aromatic heterocycles. The fraction of sp³-hybridized carbons (Fsp3) is 0.333. The van der Waals surface area contributed by atoms with Gasteiger partial charge in [0.15, 0.2) is 0 Å². The molecule has 0 saturated heterocycles. The summed E-state index contributed by atoms with van der Waals surface area (Å²) in [6.45, 7) is 2.02. The molecular weight excluding hydrogens is 327 g/mol. The lowest BCUT2D eigenvalue weighted by Crippen LogP contribution is -2.38. The Morgan fingerprint density at radius 3 is 2.92 bits per heavy atom. The number of halogens is 1. The van der Waals surface area contributed by atoms with Crippen LogP contribution in [0, 0.1) is 5.82 Å². The molecule has 3 rings (SSSR count). The molecule has 0 fully saturated rings. The molecule has 6 heteroatoms. The van der Waals surface area contributed by atoms with Crippen molar-refractivity contribution in [1.29, 1.82) is 0 Å². The molecule has 0 spiro atoms. The van der Waals surface area contributed by atoms with E-state index in [1.165, 1.54) is 30.4 Å². The van der Waals surface area contributed by atoms with Crippen LogP contribution in [0.5, 0.6) is 0 Å². The van der Waals surface area contributed by atoms with Gasteiger partial charge >= 0.3 is 0 Å². The number of amides is 2. The molecule has 2 amide bonds. The van der Waals surface area contributed by atoms with E-state index >= 15 is 0 Å². The molecular formula is C18H19FN2O2S. The number of hydrogen-bond acceptors (Lipinski definition) is 3. The van der Waals surface area contributed by atoms with Gasteiger partial charge < -0.3 is 10.2 Å². The summed E-state index contributed by atoms with van der Waals surface area (Å²) in [5.74, 6) is -0.620. The van der Waals surface area contributed by atoms with E-state index in [1.54, 1.807) is 11.0 Å². The van der Waals surface area contributed by atoms with Crippen molar-refractivity contribution in [2.75, 3.05) is 11.4 Å². The Morgan fingerprint density at radius 2 is 2.21 bits per heavy atom. The highest BCUT2D eigenvalue weighted by Crippen LogP contribution is 2.30. The minimum absolute atomic E-state index is 0.103. The van der Waals surface area contributed by atoms with Crippen molar-refractivity contribution in [3.8, 4) is 0 Å². The molecule has 24 heavy (non-hydrogen) atoms. The summed E-state index contributed by atoms with van der Waals surface area (Å²) < 4.78 is 13.6. The van der Waals surface area contributed by atoms with Gasteiger partial charge in [-0.2, -0.15) is 0 Å². The highest BCUT2D eigenvalue weighted by Gasteiger charge is 2.26. The predicted octanol–water partition coefficient (Wildman–Crippen LogP) is 3.43. The van der Waals surface area contributed by atoms with E-state index in [9.17, 15) is 14.0 Å². The van der Waals surface area contributed by atoms with Gasteiger partial charge in [-0.15, -0.1) is 11.3 Å². The van der Waals surface area contributed by atoms with Crippen molar-refractivity contribution in [3.63, 3.8) is 0 Å². The minimum atomic E-state index is -0.353. The lowest BCUT2D eigenvalue weighted by molar-refractivity contribution is -0.121. The molecule has 0 bridgehead atoms. The molecule has 126 valence electrons. The largest absolute Gasteiger partial charge is 0.348 e. The van der Waals surface area contributed by atoms with E-state index in [2.05, 4.69) is 5.32 Å². The number of fused-ring (bicyclic) bond motifs is 1. The maximum absolute atomic E-state index is 13.6. The Kier molecular flexibility index (Phi) is 4.94. The molecule has 2 aromatic rings. The fourth-order valence-electron chi connectivity index (χ4n) is 3.05. The van der Waals surface area contributed by atoms with Crippen molar-refractivity contribution < 1.29 is 14.0 Å². The van der Waals surface area contributed by atoms with Gasteiger partial charge in [-0.1, -0.05) is 12.1 Å². The SMILES string of the molecule is CC(=O)N[C@H](CC(=O)N1CCCc2ccc(F)cc21)c1cccs1. The first-order valence-electron chi connectivity index (χ1n) is 7.94. The van der Waals surface area contributed by atoms with Crippen molar-refractivity contribution in [2.45, 2.75) is 32.2 Å². The third-order valence-electron chi connectivity index (χ3n) is 4.11. The highest BCUT2D eigenvalue weighted by atomic mass is 32.1. The smallest absolute Gasteiger partial charge is 0.229 e. The molecule has 0 radical (unpaired) electrons. The number of nitrogens with zero attached hydrogens (tertiary/aromatic N) is 1. The number of thiophene rings is 1. The number of hydrogen-bond donors (Lipinski definition) is 1. The zero-order valence-electron chi connectivity index (χ0n) is 13.4. The van der Waals surface area contributed by atoms with Gasteiger partial charge in [0.05, 0.1) is 12.5 Å². The van der Waals surface area contributed by atoms with Gasteiger partial charge in [0.25, 0.3) is 0 Å². The predicted molar refractivity (Wildman–Crippen MR) is 92.6 cm³/mol. The maximum atomic E-state index is 13.6. The quantitative estimate of drug-likeness (QED) is 0.922. The van der Waals surface area contributed by atoms with Crippen molar-refractivity contribution in [1.82, 2.24) is 5.32 Å². The molecule has 1 N–H and O–H groups in total. The Bertz CT molecular complexity index is 745. The molecule has 1 aliphatic rings. The first-order chi connectivity index (χ1) is 11.5. The molecule has 1 atom stereocenters. The van der Waals surface area contributed by atoms with Crippen LogP contribution in [-0.4, -0.2) is 18.4 Å². The molecule has 1 aromatic carbocycles. The Morgan fingerprint density at radius 1 is 1.38 bits per heavy atom. The van der Waals surface area contributed by atoms with E-state index in [-0.39, 0.29) is 30.1 Å². The average Bonchev–Trinajstić information content (AvgIpc) is 3.07. The molecule has 0 aliphatic carbocycles. The van der Waals surface area contributed by atoms with Crippen LogP contribution in [0.1, 0.15) is 36.2 Å². The topological polar surface area (TPSA) is 49.4 Å².